The highest BCUT2D eigenvalue weighted by Gasteiger charge is 2.03. The van der Waals surface area contributed by atoms with Crippen molar-refractivity contribution in [1.82, 2.24) is 0 Å². The highest BCUT2D eigenvalue weighted by atomic mass is 16.5. The fourth-order valence-corrected chi connectivity index (χ4v) is 0.474. The van der Waals surface area contributed by atoms with Gasteiger partial charge in [-0.2, -0.15) is 0 Å². The maximum absolute atomic E-state index is 10.7. The van der Waals surface area contributed by atoms with Crippen LogP contribution in [0.15, 0.2) is 12.7 Å². The first kappa shape index (κ1) is 9.17. The summed E-state index contributed by atoms with van der Waals surface area (Å²) in [6.07, 6.45) is 1.80. The van der Waals surface area contributed by atoms with Gasteiger partial charge in [-0.1, -0.05) is 12.7 Å². The molecule has 0 bridgehead atoms. The summed E-state index contributed by atoms with van der Waals surface area (Å²) >= 11 is 0. The molecule has 0 aromatic carbocycles. The van der Waals surface area contributed by atoms with Crippen molar-refractivity contribution in [2.24, 2.45) is 5.73 Å². The third-order valence-electron chi connectivity index (χ3n) is 0.851. The van der Waals surface area contributed by atoms with Gasteiger partial charge in [-0.25, -0.2) is 0 Å². The van der Waals surface area contributed by atoms with E-state index in [0.29, 0.717) is 0 Å². The van der Waals surface area contributed by atoms with Crippen molar-refractivity contribution in [3.63, 3.8) is 0 Å². The normalized spacial score (nSPS) is 12.2. The predicted octanol–water partition coefficient (Wildman–Crippen LogP) is 0.453. The van der Waals surface area contributed by atoms with Crippen molar-refractivity contribution in [2.75, 3.05) is 6.61 Å². The van der Waals surface area contributed by atoms with Crippen LogP contribution < -0.4 is 5.73 Å². The average Bonchev–Trinajstić information content (AvgIpc) is 1.82. The van der Waals surface area contributed by atoms with Crippen molar-refractivity contribution in [2.45, 2.75) is 19.4 Å². The molecule has 3 nitrogen and oxygen atoms in total. The lowest BCUT2D eigenvalue weighted by Gasteiger charge is -2.03. The summed E-state index contributed by atoms with van der Waals surface area (Å²) in [5.41, 5.74) is 5.34. The fraction of sp³-hybridized carbons (Fsp3) is 0.571. The summed E-state index contributed by atoms with van der Waals surface area (Å²) in [6.45, 7) is 5.43. The van der Waals surface area contributed by atoms with E-state index < -0.39 is 0 Å². The molecule has 0 aliphatic carbocycles. The molecule has 0 aromatic rings. The fourth-order valence-electron chi connectivity index (χ4n) is 0.474. The van der Waals surface area contributed by atoms with Crippen molar-refractivity contribution < 1.29 is 9.53 Å². The van der Waals surface area contributed by atoms with Gasteiger partial charge in [-0.15, -0.1) is 0 Å². The Morgan fingerprint density at radius 2 is 2.50 bits per heavy atom. The van der Waals surface area contributed by atoms with Crippen LogP contribution in [0.4, 0.5) is 0 Å². The van der Waals surface area contributed by atoms with Gasteiger partial charge >= 0.3 is 5.97 Å². The summed E-state index contributed by atoms with van der Waals surface area (Å²) in [6, 6.07) is -0.127. The molecule has 0 fully saturated rings. The Bertz CT molecular complexity index is 121. The molecule has 0 heterocycles. The molecule has 0 radical (unpaired) electrons. The molecule has 2 N–H and O–H groups in total. The van der Waals surface area contributed by atoms with Crippen LogP contribution in [0.5, 0.6) is 0 Å². The van der Waals surface area contributed by atoms with E-state index in [1.54, 1.807) is 6.92 Å². The Balaban J connectivity index is 3.34. The van der Waals surface area contributed by atoms with Crippen molar-refractivity contribution >= 4 is 5.97 Å². The third kappa shape index (κ3) is 5.31. The SMILES string of the molecule is C=CCOC(=O)CC(C)N. The summed E-state index contributed by atoms with van der Waals surface area (Å²) in [5.74, 6) is -0.269. The molecule has 1 unspecified atom stereocenters. The number of carbonyl (C=O) groups is 1. The van der Waals surface area contributed by atoms with E-state index >= 15 is 0 Å². The molecule has 0 saturated carbocycles. The van der Waals surface area contributed by atoms with Crippen molar-refractivity contribution in [3.05, 3.63) is 12.7 Å². The van der Waals surface area contributed by atoms with Gasteiger partial charge in [0.2, 0.25) is 0 Å². The molecule has 58 valence electrons. The lowest BCUT2D eigenvalue weighted by Crippen LogP contribution is -2.21. The second-order valence-electron chi connectivity index (χ2n) is 2.15. The van der Waals surface area contributed by atoms with Crippen LogP contribution in [0.3, 0.4) is 0 Å². The maximum Gasteiger partial charge on any atom is 0.307 e. The Morgan fingerprint density at radius 3 is 2.90 bits per heavy atom. The molecular weight excluding hydrogens is 130 g/mol. The third-order valence-corrected chi connectivity index (χ3v) is 0.851. The van der Waals surface area contributed by atoms with Crippen LogP contribution in [0, 0.1) is 0 Å². The standard InChI is InChI=1S/C7H13NO2/c1-3-4-10-7(9)5-6(2)8/h3,6H,1,4-5,8H2,2H3. The number of carbonyl (C=O) groups excluding carboxylic acids is 1. The van der Waals surface area contributed by atoms with Gasteiger partial charge in [0.05, 0.1) is 6.42 Å². The summed E-state index contributed by atoms with van der Waals surface area (Å²) in [7, 11) is 0. The van der Waals surface area contributed by atoms with Crippen LogP contribution in [0.1, 0.15) is 13.3 Å². The second kappa shape index (κ2) is 4.99. The van der Waals surface area contributed by atoms with Crippen LogP contribution in [0.2, 0.25) is 0 Å². The number of nitrogens with two attached hydrogens (primary N) is 1. The molecule has 0 saturated heterocycles. The van der Waals surface area contributed by atoms with E-state index in [1.807, 2.05) is 0 Å². The van der Waals surface area contributed by atoms with Gasteiger partial charge in [-0.3, -0.25) is 4.79 Å². The summed E-state index contributed by atoms with van der Waals surface area (Å²) < 4.78 is 4.66. The van der Waals surface area contributed by atoms with Crippen molar-refractivity contribution in [1.29, 1.82) is 0 Å². The number of rotatable bonds is 4. The first-order chi connectivity index (χ1) is 4.66. The summed E-state index contributed by atoms with van der Waals surface area (Å²) in [5, 5.41) is 0. The Kier molecular flexibility index (Phi) is 4.58. The Hall–Kier alpha value is -0.830. The molecule has 0 rings (SSSR count). The molecule has 0 amide bonds. The number of hydrogen-bond acceptors (Lipinski definition) is 3. The first-order valence-corrected chi connectivity index (χ1v) is 3.19. The largest absolute Gasteiger partial charge is 0.461 e. The molecule has 0 aromatic heterocycles. The molecule has 0 aliphatic rings. The highest BCUT2D eigenvalue weighted by molar-refractivity contribution is 5.70. The van der Waals surface area contributed by atoms with E-state index in [0.717, 1.165) is 0 Å². The van der Waals surface area contributed by atoms with E-state index in [2.05, 4.69) is 11.3 Å². The molecule has 0 aliphatic heterocycles. The van der Waals surface area contributed by atoms with E-state index in [1.165, 1.54) is 6.08 Å². The van der Waals surface area contributed by atoms with E-state index in [9.17, 15) is 4.79 Å². The predicted molar refractivity (Wildman–Crippen MR) is 39.4 cm³/mol. The number of hydrogen-bond donors (Lipinski definition) is 1. The summed E-state index contributed by atoms with van der Waals surface area (Å²) in [4.78, 5) is 10.7. The second-order valence-corrected chi connectivity index (χ2v) is 2.15. The molecule has 3 heteroatoms. The Morgan fingerprint density at radius 1 is 1.90 bits per heavy atom. The quantitative estimate of drug-likeness (QED) is 0.459. The minimum Gasteiger partial charge on any atom is -0.461 e. The monoisotopic (exact) mass is 143 g/mol. The van der Waals surface area contributed by atoms with Crippen LogP contribution in [-0.4, -0.2) is 18.6 Å². The highest BCUT2D eigenvalue weighted by Crippen LogP contribution is 1.89. The first-order valence-electron chi connectivity index (χ1n) is 3.19. The number of esters is 1. The minimum absolute atomic E-state index is 0.127. The van der Waals surface area contributed by atoms with Crippen LogP contribution in [0.25, 0.3) is 0 Å². The molecule has 0 spiro atoms. The van der Waals surface area contributed by atoms with E-state index in [-0.39, 0.29) is 25.0 Å². The minimum atomic E-state index is -0.269. The van der Waals surface area contributed by atoms with Gasteiger partial charge < -0.3 is 10.5 Å². The van der Waals surface area contributed by atoms with Crippen LogP contribution in [-0.2, 0) is 9.53 Å². The van der Waals surface area contributed by atoms with Gasteiger partial charge in [0, 0.05) is 6.04 Å². The molecular formula is C7H13NO2. The zero-order valence-corrected chi connectivity index (χ0v) is 6.17. The van der Waals surface area contributed by atoms with Gasteiger partial charge in [0.1, 0.15) is 6.61 Å². The lowest BCUT2D eigenvalue weighted by molar-refractivity contribution is -0.142. The zero-order valence-electron chi connectivity index (χ0n) is 6.17. The van der Waals surface area contributed by atoms with Gasteiger partial charge in [0.15, 0.2) is 0 Å². The topological polar surface area (TPSA) is 52.3 Å². The maximum atomic E-state index is 10.7. The molecule has 1 atom stereocenters. The lowest BCUT2D eigenvalue weighted by atomic mass is 10.3. The van der Waals surface area contributed by atoms with Gasteiger partial charge in [-0.05, 0) is 6.92 Å². The average molecular weight is 143 g/mol. The smallest absolute Gasteiger partial charge is 0.307 e. The number of ether oxygens (including phenoxy) is 1. The Labute approximate surface area is 60.9 Å². The van der Waals surface area contributed by atoms with Gasteiger partial charge in [0.25, 0.3) is 0 Å². The van der Waals surface area contributed by atoms with Crippen LogP contribution >= 0.6 is 0 Å². The van der Waals surface area contributed by atoms with E-state index in [4.69, 9.17) is 5.73 Å². The van der Waals surface area contributed by atoms with Crippen molar-refractivity contribution in [3.8, 4) is 0 Å². The molecule has 10 heavy (non-hydrogen) atoms. The zero-order chi connectivity index (χ0) is 7.98.